The maximum atomic E-state index is 6.22. The van der Waals surface area contributed by atoms with E-state index in [4.69, 9.17) is 27.9 Å². The molecule has 6 heteroatoms. The summed E-state index contributed by atoms with van der Waals surface area (Å²) >= 11 is 15.7. The van der Waals surface area contributed by atoms with Crippen molar-refractivity contribution in [2.75, 3.05) is 6.54 Å². The Hall–Kier alpha value is -1.23. The highest BCUT2D eigenvalue weighted by Crippen LogP contribution is 2.25. The molecule has 2 nitrogen and oxygen atoms in total. The van der Waals surface area contributed by atoms with Crippen molar-refractivity contribution in [3.63, 3.8) is 0 Å². The van der Waals surface area contributed by atoms with Crippen molar-refractivity contribution >= 4 is 51.5 Å². The van der Waals surface area contributed by atoms with E-state index in [2.05, 4.69) is 39.4 Å². The lowest BCUT2D eigenvalue weighted by Gasteiger charge is -2.14. The molecule has 0 spiro atoms. The first-order chi connectivity index (χ1) is 13.1. The first-order valence-corrected chi connectivity index (χ1v) is 10.3. The van der Waals surface area contributed by atoms with Crippen molar-refractivity contribution in [2.24, 2.45) is 0 Å². The van der Waals surface area contributed by atoms with Gasteiger partial charge in [0, 0.05) is 32.2 Å². The second kappa shape index (κ2) is 11.7. The Balaban J connectivity index is 0.00000280. The van der Waals surface area contributed by atoms with Gasteiger partial charge in [0.15, 0.2) is 0 Å². The molecule has 0 heterocycles. The van der Waals surface area contributed by atoms with Crippen LogP contribution >= 0.6 is 51.5 Å². The molecular formula is C22H21BrCl3NO. The summed E-state index contributed by atoms with van der Waals surface area (Å²) < 4.78 is 7.06. The van der Waals surface area contributed by atoms with Crippen molar-refractivity contribution in [2.45, 2.75) is 19.6 Å². The summed E-state index contributed by atoms with van der Waals surface area (Å²) in [4.78, 5) is 0. The van der Waals surface area contributed by atoms with Crippen molar-refractivity contribution in [1.29, 1.82) is 0 Å². The van der Waals surface area contributed by atoms with Gasteiger partial charge in [-0.2, -0.15) is 0 Å². The molecule has 0 atom stereocenters. The number of hydrogen-bond acceptors (Lipinski definition) is 2. The van der Waals surface area contributed by atoms with Crippen LogP contribution in [0.1, 0.15) is 16.7 Å². The lowest BCUT2D eigenvalue weighted by Crippen LogP contribution is -2.17. The molecule has 0 saturated heterocycles. The molecule has 1 N–H and O–H groups in total. The predicted molar refractivity (Wildman–Crippen MR) is 124 cm³/mol. The van der Waals surface area contributed by atoms with E-state index in [1.165, 1.54) is 5.56 Å². The summed E-state index contributed by atoms with van der Waals surface area (Å²) in [6, 6.07) is 21.7. The van der Waals surface area contributed by atoms with Gasteiger partial charge >= 0.3 is 0 Å². The zero-order valence-corrected chi connectivity index (χ0v) is 19.0. The summed E-state index contributed by atoms with van der Waals surface area (Å²) in [5.74, 6) is 0.858. The smallest absolute Gasteiger partial charge is 0.124 e. The molecule has 0 unspecified atom stereocenters. The molecule has 3 rings (SSSR count). The van der Waals surface area contributed by atoms with Crippen molar-refractivity contribution < 1.29 is 4.74 Å². The van der Waals surface area contributed by atoms with Crippen LogP contribution in [-0.2, 0) is 19.6 Å². The molecule has 0 saturated carbocycles. The highest BCUT2D eigenvalue weighted by molar-refractivity contribution is 9.10. The van der Waals surface area contributed by atoms with Gasteiger partial charge in [-0.05, 0) is 54.9 Å². The van der Waals surface area contributed by atoms with Crippen LogP contribution in [0.2, 0.25) is 10.0 Å². The molecular weight excluding hydrogens is 481 g/mol. The van der Waals surface area contributed by atoms with Gasteiger partial charge in [0.25, 0.3) is 0 Å². The third-order valence-electron chi connectivity index (χ3n) is 4.18. The van der Waals surface area contributed by atoms with Gasteiger partial charge in [-0.1, -0.05) is 69.5 Å². The van der Waals surface area contributed by atoms with Crippen LogP contribution in [0, 0.1) is 0 Å². The second-order valence-corrected chi connectivity index (χ2v) is 7.94. The summed E-state index contributed by atoms with van der Waals surface area (Å²) in [7, 11) is 0. The van der Waals surface area contributed by atoms with Gasteiger partial charge in [-0.15, -0.1) is 12.4 Å². The molecule has 0 aliphatic rings. The Kier molecular flexibility index (Phi) is 9.63. The molecule has 0 aliphatic heterocycles. The summed E-state index contributed by atoms with van der Waals surface area (Å²) in [5, 5.41) is 4.97. The number of rotatable bonds is 8. The standard InChI is InChI=1S/C22H20BrCl2NO.ClH/c23-19-7-10-22(27-15-17-3-1-2-4-21(17)25)18(13-19)14-26-12-11-16-5-8-20(24)9-6-16;/h1-10,13,26H,11-12,14-15H2;1H. The molecule has 0 bridgehead atoms. The van der Waals surface area contributed by atoms with Crippen LogP contribution in [-0.4, -0.2) is 6.54 Å². The fourth-order valence-electron chi connectivity index (χ4n) is 2.70. The molecule has 0 aromatic heterocycles. The van der Waals surface area contributed by atoms with Gasteiger partial charge in [0.05, 0.1) is 0 Å². The van der Waals surface area contributed by atoms with E-state index in [-0.39, 0.29) is 12.4 Å². The van der Waals surface area contributed by atoms with Gasteiger partial charge in [0.1, 0.15) is 12.4 Å². The zero-order chi connectivity index (χ0) is 19.1. The van der Waals surface area contributed by atoms with E-state index >= 15 is 0 Å². The molecule has 0 amide bonds. The highest BCUT2D eigenvalue weighted by atomic mass is 79.9. The van der Waals surface area contributed by atoms with Crippen LogP contribution in [0.25, 0.3) is 0 Å². The molecule has 28 heavy (non-hydrogen) atoms. The fourth-order valence-corrected chi connectivity index (χ4v) is 3.43. The molecule has 0 radical (unpaired) electrons. The SMILES string of the molecule is Cl.Clc1ccc(CCNCc2cc(Br)ccc2OCc2ccccc2Cl)cc1. The van der Waals surface area contributed by atoms with E-state index in [1.807, 2.05) is 48.5 Å². The quantitative estimate of drug-likeness (QED) is 0.333. The molecule has 3 aromatic rings. The van der Waals surface area contributed by atoms with Crippen LogP contribution in [0.3, 0.4) is 0 Å². The zero-order valence-electron chi connectivity index (χ0n) is 15.1. The molecule has 148 valence electrons. The second-order valence-electron chi connectivity index (χ2n) is 6.19. The van der Waals surface area contributed by atoms with Gasteiger partial charge in [-0.3, -0.25) is 0 Å². The lowest BCUT2D eigenvalue weighted by atomic mass is 10.1. The normalized spacial score (nSPS) is 10.4. The topological polar surface area (TPSA) is 21.3 Å². The largest absolute Gasteiger partial charge is 0.489 e. The first kappa shape index (κ1) is 23.1. The van der Waals surface area contributed by atoms with E-state index < -0.39 is 0 Å². The van der Waals surface area contributed by atoms with E-state index in [0.717, 1.165) is 50.9 Å². The van der Waals surface area contributed by atoms with Crippen LogP contribution in [0.4, 0.5) is 0 Å². The predicted octanol–water partition coefficient (Wildman–Crippen LogP) is 7.09. The number of hydrogen-bond donors (Lipinski definition) is 1. The number of nitrogens with one attached hydrogen (secondary N) is 1. The Labute approximate surface area is 190 Å². The van der Waals surface area contributed by atoms with Crippen LogP contribution in [0.15, 0.2) is 71.2 Å². The van der Waals surface area contributed by atoms with E-state index in [0.29, 0.717) is 6.61 Å². The van der Waals surface area contributed by atoms with E-state index in [9.17, 15) is 0 Å². The lowest BCUT2D eigenvalue weighted by molar-refractivity contribution is 0.302. The van der Waals surface area contributed by atoms with Gasteiger partial charge in [-0.25, -0.2) is 0 Å². The number of halogens is 4. The molecule has 0 fully saturated rings. The molecule has 0 aliphatic carbocycles. The monoisotopic (exact) mass is 499 g/mol. The van der Waals surface area contributed by atoms with E-state index in [1.54, 1.807) is 0 Å². The fraction of sp³-hybridized carbons (Fsp3) is 0.182. The van der Waals surface area contributed by atoms with Crippen molar-refractivity contribution in [3.05, 3.63) is 97.9 Å². The van der Waals surface area contributed by atoms with Crippen molar-refractivity contribution in [1.82, 2.24) is 5.32 Å². The minimum absolute atomic E-state index is 0. The highest BCUT2D eigenvalue weighted by Gasteiger charge is 2.07. The van der Waals surface area contributed by atoms with Gasteiger partial charge in [0.2, 0.25) is 0 Å². The Morgan fingerprint density at radius 2 is 1.64 bits per heavy atom. The van der Waals surface area contributed by atoms with Gasteiger partial charge < -0.3 is 10.1 Å². The maximum absolute atomic E-state index is 6.22. The molecule has 3 aromatic carbocycles. The number of benzene rings is 3. The minimum atomic E-state index is 0. The number of ether oxygens (including phenoxy) is 1. The minimum Gasteiger partial charge on any atom is -0.489 e. The Morgan fingerprint density at radius 3 is 2.39 bits per heavy atom. The third-order valence-corrected chi connectivity index (χ3v) is 5.30. The average Bonchev–Trinajstić information content (AvgIpc) is 2.67. The maximum Gasteiger partial charge on any atom is 0.124 e. The Morgan fingerprint density at radius 1 is 0.893 bits per heavy atom. The average molecular weight is 502 g/mol. The third kappa shape index (κ3) is 6.98. The summed E-state index contributed by atoms with van der Waals surface area (Å²) in [6.07, 6.45) is 0.945. The Bertz CT molecular complexity index is 887. The summed E-state index contributed by atoms with van der Waals surface area (Å²) in [5.41, 5.74) is 3.34. The van der Waals surface area contributed by atoms with Crippen molar-refractivity contribution in [3.8, 4) is 5.75 Å². The van der Waals surface area contributed by atoms with Crippen LogP contribution in [0.5, 0.6) is 5.75 Å². The summed E-state index contributed by atoms with van der Waals surface area (Å²) in [6.45, 7) is 2.04. The first-order valence-electron chi connectivity index (χ1n) is 8.71. The van der Waals surface area contributed by atoms with Crippen LogP contribution < -0.4 is 10.1 Å².